The molecule has 0 rings (SSSR count). The highest BCUT2D eigenvalue weighted by Crippen LogP contribution is 2.02. The summed E-state index contributed by atoms with van der Waals surface area (Å²) >= 11 is 0. The predicted octanol–water partition coefficient (Wildman–Crippen LogP) is 0.0863. The van der Waals surface area contributed by atoms with Crippen molar-refractivity contribution in [1.82, 2.24) is 4.72 Å². The van der Waals surface area contributed by atoms with Gasteiger partial charge in [-0.1, -0.05) is 6.92 Å². The lowest BCUT2D eigenvalue weighted by Gasteiger charge is -2.14. The summed E-state index contributed by atoms with van der Waals surface area (Å²) in [5.41, 5.74) is 5.42. The number of nitrogens with one attached hydrogen (secondary N) is 1. The number of rotatable bonds is 12. The number of nitrogens with two attached hydrogens (primary N) is 1. The van der Waals surface area contributed by atoms with Crippen LogP contribution in [0.3, 0.4) is 0 Å². The molecule has 0 aromatic carbocycles. The van der Waals surface area contributed by atoms with Crippen molar-refractivity contribution < 1.29 is 17.9 Å². The topological polar surface area (TPSA) is 90.7 Å². The van der Waals surface area contributed by atoms with Gasteiger partial charge in [-0.2, -0.15) is 0 Å². The van der Waals surface area contributed by atoms with E-state index in [1.54, 1.807) is 7.11 Å². The van der Waals surface area contributed by atoms with Crippen LogP contribution in [0.5, 0.6) is 0 Å². The van der Waals surface area contributed by atoms with Crippen molar-refractivity contribution in [1.29, 1.82) is 0 Å². The zero-order valence-corrected chi connectivity index (χ0v) is 12.2. The Morgan fingerprint density at radius 3 is 2.50 bits per heavy atom. The summed E-state index contributed by atoms with van der Waals surface area (Å²) in [5, 5.41) is -0.490. The Morgan fingerprint density at radius 2 is 1.94 bits per heavy atom. The zero-order chi connectivity index (χ0) is 13.9. The minimum absolute atomic E-state index is 0.159. The average Bonchev–Trinajstić information content (AvgIpc) is 2.33. The lowest BCUT2D eigenvalue weighted by molar-refractivity contribution is 0.0689. The molecule has 0 saturated heterocycles. The Morgan fingerprint density at radius 1 is 1.22 bits per heavy atom. The van der Waals surface area contributed by atoms with Crippen LogP contribution in [0.2, 0.25) is 0 Å². The molecule has 0 spiro atoms. The molecule has 6 nitrogen and oxygen atoms in total. The summed E-state index contributed by atoms with van der Waals surface area (Å²) in [6, 6.07) is 0. The smallest absolute Gasteiger partial charge is 0.215 e. The maximum Gasteiger partial charge on any atom is 0.215 e. The van der Waals surface area contributed by atoms with Gasteiger partial charge in [0.25, 0.3) is 0 Å². The largest absolute Gasteiger partial charge is 0.382 e. The van der Waals surface area contributed by atoms with E-state index in [4.69, 9.17) is 15.2 Å². The van der Waals surface area contributed by atoms with Crippen LogP contribution in [-0.2, 0) is 19.5 Å². The Kier molecular flexibility index (Phi) is 10.6. The summed E-state index contributed by atoms with van der Waals surface area (Å²) in [4.78, 5) is 0. The fourth-order valence-corrected chi connectivity index (χ4v) is 2.78. The first kappa shape index (κ1) is 17.8. The fraction of sp³-hybridized carbons (Fsp3) is 1.00. The summed E-state index contributed by atoms with van der Waals surface area (Å²) in [6.07, 6.45) is 2.12. The van der Waals surface area contributed by atoms with Gasteiger partial charge in [0.15, 0.2) is 0 Å². The summed E-state index contributed by atoms with van der Waals surface area (Å²) in [5.74, 6) is 0. The van der Waals surface area contributed by atoms with Gasteiger partial charge in [-0.15, -0.1) is 0 Å². The molecule has 110 valence electrons. The first-order chi connectivity index (χ1) is 8.58. The van der Waals surface area contributed by atoms with E-state index in [1.807, 2.05) is 6.92 Å². The Labute approximate surface area is 110 Å². The lowest BCUT2D eigenvalue weighted by Crippen LogP contribution is -2.39. The highest BCUT2D eigenvalue weighted by atomic mass is 32.2. The summed E-state index contributed by atoms with van der Waals surface area (Å²) in [6.45, 7) is 4.20. The van der Waals surface area contributed by atoms with Crippen molar-refractivity contribution in [3.8, 4) is 0 Å². The van der Waals surface area contributed by atoms with Crippen molar-refractivity contribution in [2.24, 2.45) is 5.73 Å². The van der Waals surface area contributed by atoms with Crippen LogP contribution in [-0.4, -0.2) is 53.7 Å². The monoisotopic (exact) mass is 282 g/mol. The molecule has 1 unspecified atom stereocenters. The SMILES string of the molecule is CCC(CN)S(=O)(=O)NCCCCOCCOC. The Balaban J connectivity index is 3.59. The van der Waals surface area contributed by atoms with Gasteiger partial charge in [0.2, 0.25) is 10.0 Å². The molecular formula is C11H26N2O4S. The van der Waals surface area contributed by atoms with Crippen LogP contribution in [0.4, 0.5) is 0 Å². The second-order valence-electron chi connectivity index (χ2n) is 4.02. The fourth-order valence-electron chi connectivity index (χ4n) is 1.42. The predicted molar refractivity (Wildman–Crippen MR) is 72.0 cm³/mol. The third-order valence-corrected chi connectivity index (χ3v) is 4.62. The van der Waals surface area contributed by atoms with Gasteiger partial charge in [-0.25, -0.2) is 13.1 Å². The quantitative estimate of drug-likeness (QED) is 0.495. The van der Waals surface area contributed by atoms with Crippen molar-refractivity contribution in [2.75, 3.05) is 40.0 Å². The first-order valence-corrected chi connectivity index (χ1v) is 7.88. The Bertz CT molecular complexity index is 279. The van der Waals surface area contributed by atoms with E-state index in [0.29, 0.717) is 32.8 Å². The lowest BCUT2D eigenvalue weighted by atomic mass is 10.3. The van der Waals surface area contributed by atoms with Crippen LogP contribution in [0, 0.1) is 0 Å². The minimum atomic E-state index is -3.26. The molecule has 0 aromatic rings. The second kappa shape index (κ2) is 10.7. The van der Waals surface area contributed by atoms with E-state index < -0.39 is 15.3 Å². The van der Waals surface area contributed by atoms with E-state index in [1.165, 1.54) is 0 Å². The normalized spacial score (nSPS) is 13.7. The average molecular weight is 282 g/mol. The van der Waals surface area contributed by atoms with Crippen LogP contribution in [0.15, 0.2) is 0 Å². The third-order valence-electron chi connectivity index (χ3n) is 2.61. The molecule has 0 fully saturated rings. The van der Waals surface area contributed by atoms with Gasteiger partial charge in [0.05, 0.1) is 18.5 Å². The summed E-state index contributed by atoms with van der Waals surface area (Å²) < 4.78 is 36.1. The van der Waals surface area contributed by atoms with E-state index in [-0.39, 0.29) is 6.54 Å². The molecule has 0 aromatic heterocycles. The van der Waals surface area contributed by atoms with Crippen molar-refractivity contribution in [2.45, 2.75) is 31.4 Å². The van der Waals surface area contributed by atoms with E-state index in [0.717, 1.165) is 12.8 Å². The molecule has 0 amide bonds. The van der Waals surface area contributed by atoms with Crippen molar-refractivity contribution in [3.05, 3.63) is 0 Å². The van der Waals surface area contributed by atoms with Crippen LogP contribution < -0.4 is 10.5 Å². The van der Waals surface area contributed by atoms with Crippen LogP contribution in [0.25, 0.3) is 0 Å². The second-order valence-corrected chi connectivity index (χ2v) is 6.06. The van der Waals surface area contributed by atoms with Gasteiger partial charge >= 0.3 is 0 Å². The highest BCUT2D eigenvalue weighted by molar-refractivity contribution is 7.90. The van der Waals surface area contributed by atoms with E-state index in [9.17, 15) is 8.42 Å². The molecular weight excluding hydrogens is 256 g/mol. The molecule has 0 bridgehead atoms. The van der Waals surface area contributed by atoms with Crippen LogP contribution >= 0.6 is 0 Å². The van der Waals surface area contributed by atoms with Gasteiger partial charge in [-0.05, 0) is 19.3 Å². The molecule has 0 aliphatic rings. The number of hydrogen-bond donors (Lipinski definition) is 2. The minimum Gasteiger partial charge on any atom is -0.382 e. The molecule has 7 heteroatoms. The standard InChI is InChI=1S/C11H26N2O4S/c1-3-11(10-12)18(14,15)13-6-4-5-7-17-9-8-16-2/h11,13H,3-10,12H2,1-2H3. The maximum absolute atomic E-state index is 11.7. The molecule has 0 saturated carbocycles. The number of unbranched alkanes of at least 4 members (excludes halogenated alkanes) is 1. The van der Waals surface area contributed by atoms with Crippen molar-refractivity contribution >= 4 is 10.0 Å². The molecule has 1 atom stereocenters. The molecule has 3 N–H and O–H groups in total. The highest BCUT2D eigenvalue weighted by Gasteiger charge is 2.20. The van der Waals surface area contributed by atoms with Crippen molar-refractivity contribution in [3.63, 3.8) is 0 Å². The van der Waals surface area contributed by atoms with E-state index >= 15 is 0 Å². The first-order valence-electron chi connectivity index (χ1n) is 6.33. The van der Waals surface area contributed by atoms with Gasteiger partial charge in [0.1, 0.15) is 0 Å². The molecule has 0 aliphatic carbocycles. The molecule has 0 aliphatic heterocycles. The summed E-state index contributed by atoms with van der Waals surface area (Å²) in [7, 11) is -1.63. The van der Waals surface area contributed by atoms with Gasteiger partial charge < -0.3 is 15.2 Å². The zero-order valence-electron chi connectivity index (χ0n) is 11.4. The maximum atomic E-state index is 11.7. The number of hydrogen-bond acceptors (Lipinski definition) is 5. The van der Waals surface area contributed by atoms with Gasteiger partial charge in [-0.3, -0.25) is 0 Å². The third kappa shape index (κ3) is 7.99. The molecule has 18 heavy (non-hydrogen) atoms. The van der Waals surface area contributed by atoms with E-state index in [2.05, 4.69) is 4.72 Å². The van der Waals surface area contributed by atoms with Crippen LogP contribution in [0.1, 0.15) is 26.2 Å². The van der Waals surface area contributed by atoms with Gasteiger partial charge in [0, 0.05) is 26.8 Å². The molecule has 0 radical (unpaired) electrons. The molecule has 0 heterocycles. The number of ether oxygens (including phenoxy) is 2. The number of methoxy groups -OCH3 is 1. The Hall–Kier alpha value is -0.210. The number of sulfonamides is 1.